The SMILES string of the molecule is CC(=O)NS(=O)(=O)c1ccc(N)cc1.S.[NaH]. The van der Waals surface area contributed by atoms with Gasteiger partial charge in [-0.15, -0.1) is 0 Å². The predicted molar refractivity (Wildman–Crippen MR) is 69.4 cm³/mol. The van der Waals surface area contributed by atoms with Gasteiger partial charge in [-0.25, -0.2) is 13.1 Å². The molecule has 0 fully saturated rings. The van der Waals surface area contributed by atoms with Gasteiger partial charge in [-0.3, -0.25) is 4.79 Å². The summed E-state index contributed by atoms with van der Waals surface area (Å²) >= 11 is 0. The maximum atomic E-state index is 11.4. The second-order valence-electron chi connectivity index (χ2n) is 2.73. The van der Waals surface area contributed by atoms with Crippen molar-refractivity contribution < 1.29 is 13.2 Å². The summed E-state index contributed by atoms with van der Waals surface area (Å²) in [6.45, 7) is 1.13. The molecule has 0 spiro atoms. The summed E-state index contributed by atoms with van der Waals surface area (Å²) in [4.78, 5) is 10.6. The molecule has 0 bridgehead atoms. The maximum absolute atomic E-state index is 11.4. The average molecular weight is 272 g/mol. The van der Waals surface area contributed by atoms with Crippen molar-refractivity contribution in [2.75, 3.05) is 5.73 Å². The number of nitrogens with one attached hydrogen (secondary N) is 1. The standard InChI is InChI=1S/C8H10N2O3S.Na.H2S.H/c1-6(11)10-14(12,13)8-4-2-7(9)3-5-8;;;/h2-5H,9H2,1H3,(H,10,11);;1H2;. The first-order valence-electron chi connectivity index (χ1n) is 3.81. The van der Waals surface area contributed by atoms with Gasteiger partial charge in [-0.05, 0) is 24.3 Å². The number of nitrogens with two attached hydrogens (primary N) is 1. The van der Waals surface area contributed by atoms with E-state index >= 15 is 0 Å². The Morgan fingerprint density at radius 1 is 1.25 bits per heavy atom. The van der Waals surface area contributed by atoms with E-state index in [1.165, 1.54) is 24.3 Å². The van der Waals surface area contributed by atoms with Crippen molar-refractivity contribution in [3.63, 3.8) is 0 Å². The van der Waals surface area contributed by atoms with Crippen LogP contribution in [0.5, 0.6) is 0 Å². The van der Waals surface area contributed by atoms with Gasteiger partial charge < -0.3 is 5.73 Å². The topological polar surface area (TPSA) is 89.3 Å². The van der Waals surface area contributed by atoms with Gasteiger partial charge in [0.05, 0.1) is 4.90 Å². The van der Waals surface area contributed by atoms with E-state index in [-0.39, 0.29) is 47.9 Å². The number of amides is 1. The van der Waals surface area contributed by atoms with Crippen molar-refractivity contribution >= 4 is 64.7 Å². The molecule has 0 saturated carbocycles. The monoisotopic (exact) mass is 272 g/mol. The number of hydrogen-bond acceptors (Lipinski definition) is 4. The summed E-state index contributed by atoms with van der Waals surface area (Å²) < 4.78 is 24.6. The third kappa shape index (κ3) is 5.22. The van der Waals surface area contributed by atoms with Crippen LogP contribution < -0.4 is 10.5 Å². The molecule has 3 N–H and O–H groups in total. The molecular weight excluding hydrogens is 259 g/mol. The molecule has 0 unspecified atom stereocenters. The number of anilines is 1. The van der Waals surface area contributed by atoms with E-state index in [4.69, 9.17) is 5.73 Å². The van der Waals surface area contributed by atoms with Crippen molar-refractivity contribution in [1.29, 1.82) is 0 Å². The molecule has 0 aliphatic carbocycles. The predicted octanol–water partition coefficient (Wildman–Crippen LogP) is -0.442. The van der Waals surface area contributed by atoms with E-state index < -0.39 is 15.9 Å². The number of carbonyl (C=O) groups is 1. The van der Waals surface area contributed by atoms with E-state index in [9.17, 15) is 13.2 Å². The molecule has 0 aromatic heterocycles. The van der Waals surface area contributed by atoms with Crippen LogP contribution in [0, 0.1) is 0 Å². The molecule has 16 heavy (non-hydrogen) atoms. The number of hydrogen-bond donors (Lipinski definition) is 2. The normalized spacial score (nSPS) is 9.56. The summed E-state index contributed by atoms with van der Waals surface area (Å²) in [6.07, 6.45) is 0. The Morgan fingerprint density at radius 3 is 2.06 bits per heavy atom. The number of rotatable bonds is 2. The zero-order chi connectivity index (χ0) is 10.8. The van der Waals surface area contributed by atoms with Crippen LogP contribution in [0.25, 0.3) is 0 Å². The zero-order valence-electron chi connectivity index (χ0n) is 8.02. The summed E-state index contributed by atoms with van der Waals surface area (Å²) in [5, 5.41) is 0. The minimum atomic E-state index is -3.73. The van der Waals surface area contributed by atoms with E-state index in [0.29, 0.717) is 5.69 Å². The van der Waals surface area contributed by atoms with Crippen LogP contribution in [0.15, 0.2) is 29.2 Å². The van der Waals surface area contributed by atoms with E-state index in [2.05, 4.69) is 0 Å². The first-order chi connectivity index (χ1) is 6.42. The van der Waals surface area contributed by atoms with Gasteiger partial charge in [-0.2, -0.15) is 13.5 Å². The Hall–Kier alpha value is -0.210. The fourth-order valence-corrected chi connectivity index (χ4v) is 1.89. The molecule has 86 valence electrons. The van der Waals surface area contributed by atoms with E-state index in [1.807, 2.05) is 4.72 Å². The van der Waals surface area contributed by atoms with Crippen molar-refractivity contribution in [2.24, 2.45) is 0 Å². The van der Waals surface area contributed by atoms with Crippen molar-refractivity contribution in [3.05, 3.63) is 24.3 Å². The summed E-state index contributed by atoms with van der Waals surface area (Å²) in [5.74, 6) is -0.623. The first-order valence-corrected chi connectivity index (χ1v) is 5.29. The molecule has 0 radical (unpaired) electrons. The van der Waals surface area contributed by atoms with Gasteiger partial charge in [-0.1, -0.05) is 0 Å². The second-order valence-corrected chi connectivity index (χ2v) is 4.41. The molecule has 0 aliphatic heterocycles. The molecular formula is C8H13N2NaO3S2. The average Bonchev–Trinajstić information content (AvgIpc) is 2.02. The van der Waals surface area contributed by atoms with E-state index in [1.54, 1.807) is 0 Å². The van der Waals surface area contributed by atoms with Gasteiger partial charge in [0.2, 0.25) is 5.91 Å². The molecule has 0 heterocycles. The molecule has 0 saturated heterocycles. The molecule has 1 amide bonds. The van der Waals surface area contributed by atoms with Gasteiger partial charge in [0.1, 0.15) is 0 Å². The van der Waals surface area contributed by atoms with Crippen LogP contribution in [0.1, 0.15) is 6.92 Å². The summed E-state index contributed by atoms with van der Waals surface area (Å²) in [5.41, 5.74) is 5.85. The third-order valence-electron chi connectivity index (χ3n) is 1.47. The fraction of sp³-hybridized carbons (Fsp3) is 0.125. The van der Waals surface area contributed by atoms with Crippen LogP contribution in [0.2, 0.25) is 0 Å². The van der Waals surface area contributed by atoms with E-state index in [0.717, 1.165) is 6.92 Å². The molecule has 1 aromatic rings. The van der Waals surface area contributed by atoms with Gasteiger partial charge >= 0.3 is 29.6 Å². The number of nitrogen functional groups attached to an aromatic ring is 1. The minimum absolute atomic E-state index is 0. The Kier molecular flexibility index (Phi) is 8.15. The Balaban J connectivity index is 0. The van der Waals surface area contributed by atoms with Crippen LogP contribution in [0.4, 0.5) is 5.69 Å². The van der Waals surface area contributed by atoms with Crippen LogP contribution in [0.3, 0.4) is 0 Å². The Bertz CT molecular complexity index is 445. The van der Waals surface area contributed by atoms with Crippen molar-refractivity contribution in [2.45, 2.75) is 11.8 Å². The van der Waals surface area contributed by atoms with Gasteiger partial charge in [0, 0.05) is 12.6 Å². The van der Waals surface area contributed by atoms with Crippen LogP contribution >= 0.6 is 13.5 Å². The second kappa shape index (κ2) is 7.18. The van der Waals surface area contributed by atoms with Crippen molar-refractivity contribution in [3.8, 4) is 0 Å². The fourth-order valence-electron chi connectivity index (χ4n) is 0.895. The first kappa shape index (κ1) is 18.2. The van der Waals surface area contributed by atoms with Crippen molar-refractivity contribution in [1.82, 2.24) is 4.72 Å². The molecule has 5 nitrogen and oxygen atoms in total. The number of carbonyl (C=O) groups excluding carboxylic acids is 1. The Labute approximate surface area is 124 Å². The molecule has 0 atom stereocenters. The quantitative estimate of drug-likeness (QED) is 0.564. The number of sulfonamides is 1. The van der Waals surface area contributed by atoms with Crippen LogP contribution in [-0.4, -0.2) is 43.9 Å². The zero-order valence-corrected chi connectivity index (χ0v) is 9.84. The summed E-state index contributed by atoms with van der Waals surface area (Å²) in [7, 11) is -3.73. The van der Waals surface area contributed by atoms with Gasteiger partial charge in [0.15, 0.2) is 0 Å². The van der Waals surface area contributed by atoms with Gasteiger partial charge in [0.25, 0.3) is 10.0 Å². The summed E-state index contributed by atoms with van der Waals surface area (Å²) in [6, 6.07) is 5.57. The molecule has 1 aromatic carbocycles. The third-order valence-corrected chi connectivity index (χ3v) is 2.92. The Morgan fingerprint density at radius 2 is 1.69 bits per heavy atom. The molecule has 0 aliphatic rings. The molecule has 8 heteroatoms. The van der Waals surface area contributed by atoms with Crippen LogP contribution in [-0.2, 0) is 14.8 Å². The molecule has 1 rings (SSSR count). The number of benzene rings is 1.